The fraction of sp³-hybridized carbons (Fsp3) is 0.250. The van der Waals surface area contributed by atoms with E-state index in [0.29, 0.717) is 48.6 Å². The van der Waals surface area contributed by atoms with E-state index in [-0.39, 0.29) is 11.5 Å². The lowest BCUT2D eigenvalue weighted by Crippen LogP contribution is -2.28. The van der Waals surface area contributed by atoms with Crippen LogP contribution in [0, 0.1) is 6.92 Å². The molecular weight excluding hydrogens is 406 g/mol. The highest BCUT2D eigenvalue weighted by molar-refractivity contribution is 5.96. The molecule has 4 aromatic rings. The Balaban J connectivity index is 1.46. The number of carbonyl (C=O) groups is 1. The average Bonchev–Trinajstić information content (AvgIpc) is 3.21. The summed E-state index contributed by atoms with van der Waals surface area (Å²) in [6, 6.07) is 15.1. The minimum Gasteiger partial charge on any atom is -0.493 e. The number of carbonyl (C=O) groups excluding carboxylic acids is 1. The van der Waals surface area contributed by atoms with Gasteiger partial charge in [-0.25, -0.2) is 9.67 Å². The van der Waals surface area contributed by atoms with Crippen LogP contribution < -0.4 is 15.6 Å². The van der Waals surface area contributed by atoms with Crippen molar-refractivity contribution < 1.29 is 9.53 Å². The van der Waals surface area contributed by atoms with Crippen molar-refractivity contribution in [2.24, 2.45) is 0 Å². The summed E-state index contributed by atoms with van der Waals surface area (Å²) >= 11 is 0. The molecule has 164 valence electrons. The SMILES string of the molecule is CCOc1ccccc1C(=O)NCCn1ncc2c(=O)n(Cc3ccccc3C)cnc21. The van der Waals surface area contributed by atoms with E-state index in [1.807, 2.05) is 44.2 Å². The fourth-order valence-corrected chi connectivity index (χ4v) is 3.55. The van der Waals surface area contributed by atoms with Crippen LogP contribution in [0.2, 0.25) is 0 Å². The molecule has 0 atom stereocenters. The van der Waals surface area contributed by atoms with Crippen LogP contribution >= 0.6 is 0 Å². The first-order chi connectivity index (χ1) is 15.6. The van der Waals surface area contributed by atoms with E-state index in [9.17, 15) is 9.59 Å². The molecule has 0 unspecified atom stereocenters. The maximum atomic E-state index is 12.9. The summed E-state index contributed by atoms with van der Waals surface area (Å²) in [6.07, 6.45) is 3.08. The Kier molecular flexibility index (Phi) is 6.30. The number of rotatable bonds is 8. The molecule has 8 heteroatoms. The molecule has 0 bridgehead atoms. The van der Waals surface area contributed by atoms with E-state index < -0.39 is 0 Å². The van der Waals surface area contributed by atoms with Gasteiger partial charge in [-0.3, -0.25) is 14.2 Å². The van der Waals surface area contributed by atoms with Gasteiger partial charge in [0.2, 0.25) is 0 Å². The van der Waals surface area contributed by atoms with E-state index in [1.165, 1.54) is 6.20 Å². The van der Waals surface area contributed by atoms with Gasteiger partial charge in [0.15, 0.2) is 5.65 Å². The normalized spacial score (nSPS) is 10.9. The third-order valence-corrected chi connectivity index (χ3v) is 5.26. The summed E-state index contributed by atoms with van der Waals surface area (Å²) in [5, 5.41) is 7.63. The zero-order chi connectivity index (χ0) is 22.5. The lowest BCUT2D eigenvalue weighted by atomic mass is 10.1. The molecule has 1 amide bonds. The highest BCUT2D eigenvalue weighted by Crippen LogP contribution is 2.17. The van der Waals surface area contributed by atoms with Crippen molar-refractivity contribution in [3.8, 4) is 5.75 Å². The summed E-state index contributed by atoms with van der Waals surface area (Å²) < 4.78 is 8.73. The largest absolute Gasteiger partial charge is 0.493 e. The topological polar surface area (TPSA) is 91.0 Å². The molecule has 2 aromatic heterocycles. The van der Waals surface area contributed by atoms with E-state index >= 15 is 0 Å². The number of amides is 1. The number of aromatic nitrogens is 4. The Bertz CT molecular complexity index is 1310. The number of nitrogens with one attached hydrogen (secondary N) is 1. The first kappa shape index (κ1) is 21.3. The number of hydrogen-bond donors (Lipinski definition) is 1. The number of ether oxygens (including phenoxy) is 1. The van der Waals surface area contributed by atoms with Crippen molar-refractivity contribution in [2.75, 3.05) is 13.2 Å². The van der Waals surface area contributed by atoms with Crippen LogP contribution in [0.1, 0.15) is 28.4 Å². The molecule has 32 heavy (non-hydrogen) atoms. The van der Waals surface area contributed by atoms with Gasteiger partial charge in [0.1, 0.15) is 17.5 Å². The van der Waals surface area contributed by atoms with Crippen LogP contribution in [-0.2, 0) is 13.1 Å². The smallest absolute Gasteiger partial charge is 0.264 e. The highest BCUT2D eigenvalue weighted by atomic mass is 16.5. The molecule has 4 rings (SSSR count). The minimum absolute atomic E-state index is 0.140. The van der Waals surface area contributed by atoms with Crippen LogP contribution in [0.25, 0.3) is 11.0 Å². The molecule has 0 aliphatic rings. The molecule has 0 aliphatic carbocycles. The summed E-state index contributed by atoms with van der Waals surface area (Å²) in [5.74, 6) is 0.326. The Morgan fingerprint density at radius 1 is 1.12 bits per heavy atom. The van der Waals surface area contributed by atoms with Gasteiger partial charge in [-0.05, 0) is 37.1 Å². The highest BCUT2D eigenvalue weighted by Gasteiger charge is 2.13. The number of nitrogens with zero attached hydrogens (tertiary/aromatic N) is 4. The summed E-state index contributed by atoms with van der Waals surface area (Å²) in [4.78, 5) is 29.9. The molecule has 8 nitrogen and oxygen atoms in total. The quantitative estimate of drug-likeness (QED) is 0.463. The molecule has 2 heterocycles. The zero-order valence-electron chi connectivity index (χ0n) is 18.1. The molecule has 0 radical (unpaired) electrons. The van der Waals surface area contributed by atoms with Crippen molar-refractivity contribution in [3.63, 3.8) is 0 Å². The molecular formula is C24H25N5O3. The molecule has 2 aromatic carbocycles. The van der Waals surface area contributed by atoms with Crippen LogP contribution in [0.3, 0.4) is 0 Å². The molecule has 1 N–H and O–H groups in total. The minimum atomic E-state index is -0.223. The van der Waals surface area contributed by atoms with Gasteiger partial charge in [0.25, 0.3) is 11.5 Å². The van der Waals surface area contributed by atoms with Crippen LogP contribution in [0.15, 0.2) is 65.8 Å². The van der Waals surface area contributed by atoms with Gasteiger partial charge in [-0.2, -0.15) is 5.10 Å². The predicted molar refractivity (Wildman–Crippen MR) is 122 cm³/mol. The van der Waals surface area contributed by atoms with Crippen LogP contribution in [0.4, 0.5) is 0 Å². The lowest BCUT2D eigenvalue weighted by molar-refractivity contribution is 0.0948. The molecule has 0 fully saturated rings. The summed E-state index contributed by atoms with van der Waals surface area (Å²) in [5.41, 5.74) is 3.03. The first-order valence-electron chi connectivity index (χ1n) is 10.5. The number of aryl methyl sites for hydroxylation is 1. The average molecular weight is 431 g/mol. The van der Waals surface area contributed by atoms with Crippen molar-refractivity contribution in [3.05, 3.63) is 88.1 Å². The van der Waals surface area contributed by atoms with Gasteiger partial charge in [0.05, 0.1) is 31.5 Å². The Morgan fingerprint density at radius 3 is 2.72 bits per heavy atom. The van der Waals surface area contributed by atoms with Gasteiger partial charge in [0, 0.05) is 6.54 Å². The number of benzene rings is 2. The Labute approximate surface area is 185 Å². The third kappa shape index (κ3) is 4.39. The van der Waals surface area contributed by atoms with Crippen molar-refractivity contribution in [1.82, 2.24) is 24.6 Å². The number of fused-ring (bicyclic) bond motifs is 1. The van der Waals surface area contributed by atoms with E-state index in [4.69, 9.17) is 4.74 Å². The maximum absolute atomic E-state index is 12.9. The van der Waals surface area contributed by atoms with Gasteiger partial charge in [-0.15, -0.1) is 0 Å². The third-order valence-electron chi connectivity index (χ3n) is 5.26. The van der Waals surface area contributed by atoms with Gasteiger partial charge >= 0.3 is 0 Å². The molecule has 0 saturated carbocycles. The van der Waals surface area contributed by atoms with Gasteiger partial charge < -0.3 is 10.1 Å². The second-order valence-corrected chi connectivity index (χ2v) is 7.39. The van der Waals surface area contributed by atoms with Crippen LogP contribution in [-0.4, -0.2) is 38.4 Å². The molecule has 0 spiro atoms. The number of hydrogen-bond acceptors (Lipinski definition) is 5. The van der Waals surface area contributed by atoms with Crippen molar-refractivity contribution in [2.45, 2.75) is 26.9 Å². The zero-order valence-corrected chi connectivity index (χ0v) is 18.1. The van der Waals surface area contributed by atoms with E-state index in [2.05, 4.69) is 15.4 Å². The van der Waals surface area contributed by atoms with E-state index in [0.717, 1.165) is 11.1 Å². The second-order valence-electron chi connectivity index (χ2n) is 7.39. The fourth-order valence-electron chi connectivity index (χ4n) is 3.55. The lowest BCUT2D eigenvalue weighted by Gasteiger charge is -2.11. The monoisotopic (exact) mass is 431 g/mol. The predicted octanol–water partition coefficient (Wildman–Crippen LogP) is 2.78. The summed E-state index contributed by atoms with van der Waals surface area (Å²) in [7, 11) is 0. The summed E-state index contributed by atoms with van der Waals surface area (Å²) in [6.45, 7) is 5.56. The first-order valence-corrected chi connectivity index (χ1v) is 10.5. The van der Waals surface area contributed by atoms with Gasteiger partial charge in [-0.1, -0.05) is 36.4 Å². The van der Waals surface area contributed by atoms with Crippen molar-refractivity contribution in [1.29, 1.82) is 0 Å². The van der Waals surface area contributed by atoms with E-state index in [1.54, 1.807) is 33.8 Å². The molecule has 0 saturated heterocycles. The molecule has 0 aliphatic heterocycles. The number of para-hydroxylation sites is 1. The van der Waals surface area contributed by atoms with Crippen molar-refractivity contribution >= 4 is 16.9 Å². The van der Waals surface area contributed by atoms with Crippen LogP contribution in [0.5, 0.6) is 5.75 Å². The Morgan fingerprint density at radius 2 is 1.91 bits per heavy atom. The second kappa shape index (κ2) is 9.47. The standard InChI is InChI=1S/C24H25N5O3/c1-3-32-21-11-7-6-10-19(21)23(30)25-12-13-29-22-20(14-27-29)24(31)28(16-26-22)15-18-9-5-4-8-17(18)2/h4-11,14,16H,3,12-13,15H2,1-2H3,(H,25,30). The Hall–Kier alpha value is -3.94. The maximum Gasteiger partial charge on any atom is 0.264 e.